The van der Waals surface area contributed by atoms with E-state index in [-0.39, 0.29) is 5.75 Å². The average Bonchev–Trinajstić information content (AvgIpc) is 2.76. The van der Waals surface area contributed by atoms with E-state index in [9.17, 15) is 5.11 Å². The first kappa shape index (κ1) is 9.72. The second-order valence-corrected chi connectivity index (χ2v) is 3.88. The molecule has 0 amide bonds. The van der Waals surface area contributed by atoms with Crippen molar-refractivity contribution >= 4 is 16.7 Å². The van der Waals surface area contributed by atoms with Crippen LogP contribution in [-0.4, -0.2) is 15.1 Å². The van der Waals surface area contributed by atoms with Crippen molar-refractivity contribution in [1.29, 1.82) is 0 Å². The van der Waals surface area contributed by atoms with Crippen molar-refractivity contribution in [2.75, 3.05) is 5.73 Å². The van der Waals surface area contributed by atoms with Crippen molar-refractivity contribution in [3.63, 3.8) is 0 Å². The normalized spacial score (nSPS) is 10.8. The molecule has 3 rings (SSSR count). The Kier molecular flexibility index (Phi) is 2.01. The number of anilines is 1. The lowest BCUT2D eigenvalue weighted by Gasteiger charge is -2.00. The molecule has 0 saturated heterocycles. The molecule has 0 aliphatic carbocycles. The predicted molar refractivity (Wildman–Crippen MR) is 67.6 cm³/mol. The Morgan fingerprint density at radius 2 is 1.94 bits per heavy atom. The zero-order chi connectivity index (χ0) is 11.8. The van der Waals surface area contributed by atoms with Crippen LogP contribution in [0.1, 0.15) is 0 Å². The largest absolute Gasteiger partial charge is 0.506 e. The van der Waals surface area contributed by atoms with Crippen molar-refractivity contribution in [3.8, 4) is 17.1 Å². The summed E-state index contributed by atoms with van der Waals surface area (Å²) in [5.74, 6) is 0.796. The molecule has 0 unspecified atom stereocenters. The number of nitrogens with one attached hydrogen (secondary N) is 1. The maximum atomic E-state index is 9.57. The van der Waals surface area contributed by atoms with Crippen LogP contribution in [0, 0.1) is 0 Å². The first-order valence-corrected chi connectivity index (χ1v) is 5.27. The average molecular weight is 225 g/mol. The van der Waals surface area contributed by atoms with Crippen LogP contribution in [0.4, 0.5) is 5.69 Å². The Morgan fingerprint density at radius 1 is 1.12 bits per heavy atom. The first-order valence-electron chi connectivity index (χ1n) is 5.27. The van der Waals surface area contributed by atoms with Gasteiger partial charge in [-0.3, -0.25) is 0 Å². The van der Waals surface area contributed by atoms with Gasteiger partial charge in [0.05, 0.1) is 16.7 Å². The number of H-pyrrole nitrogens is 1. The van der Waals surface area contributed by atoms with Gasteiger partial charge in [-0.1, -0.05) is 12.1 Å². The standard InChI is InChI=1S/C13H11N3O/c14-9-6-5-8(7-12(9)17)13-15-10-3-1-2-4-11(10)16-13/h1-7,17H,14H2,(H,15,16). The van der Waals surface area contributed by atoms with Crippen LogP contribution in [0.5, 0.6) is 5.75 Å². The number of hydrogen-bond acceptors (Lipinski definition) is 3. The van der Waals surface area contributed by atoms with Gasteiger partial charge in [-0.25, -0.2) is 4.98 Å². The van der Waals surface area contributed by atoms with Crippen LogP contribution >= 0.6 is 0 Å². The molecule has 0 atom stereocenters. The third-order valence-corrected chi connectivity index (χ3v) is 2.69. The van der Waals surface area contributed by atoms with Gasteiger partial charge in [-0.05, 0) is 30.3 Å². The lowest BCUT2D eigenvalue weighted by atomic mass is 10.2. The maximum Gasteiger partial charge on any atom is 0.139 e. The molecule has 0 saturated carbocycles. The van der Waals surface area contributed by atoms with E-state index in [4.69, 9.17) is 5.73 Å². The minimum Gasteiger partial charge on any atom is -0.506 e. The summed E-state index contributed by atoms with van der Waals surface area (Å²) in [4.78, 5) is 7.64. The number of nitrogens with zero attached hydrogens (tertiary/aromatic N) is 1. The van der Waals surface area contributed by atoms with Crippen molar-refractivity contribution in [3.05, 3.63) is 42.5 Å². The summed E-state index contributed by atoms with van der Waals surface area (Å²) in [5.41, 5.74) is 8.61. The number of aromatic amines is 1. The number of aromatic hydroxyl groups is 1. The fourth-order valence-corrected chi connectivity index (χ4v) is 1.78. The van der Waals surface area contributed by atoms with Crippen molar-refractivity contribution in [1.82, 2.24) is 9.97 Å². The number of rotatable bonds is 1. The van der Waals surface area contributed by atoms with Gasteiger partial charge in [0, 0.05) is 5.56 Å². The highest BCUT2D eigenvalue weighted by Crippen LogP contribution is 2.27. The van der Waals surface area contributed by atoms with E-state index in [2.05, 4.69) is 9.97 Å². The Hall–Kier alpha value is -2.49. The highest BCUT2D eigenvalue weighted by molar-refractivity contribution is 5.79. The zero-order valence-electron chi connectivity index (χ0n) is 9.01. The van der Waals surface area contributed by atoms with Gasteiger partial charge in [-0.15, -0.1) is 0 Å². The van der Waals surface area contributed by atoms with E-state index < -0.39 is 0 Å². The highest BCUT2D eigenvalue weighted by atomic mass is 16.3. The summed E-state index contributed by atoms with van der Waals surface area (Å²) >= 11 is 0. The number of aromatic nitrogens is 2. The molecular formula is C13H11N3O. The van der Waals surface area contributed by atoms with Crippen LogP contribution in [0.2, 0.25) is 0 Å². The molecule has 4 nitrogen and oxygen atoms in total. The second kappa shape index (κ2) is 3.52. The van der Waals surface area contributed by atoms with Crippen molar-refractivity contribution < 1.29 is 5.11 Å². The fourth-order valence-electron chi connectivity index (χ4n) is 1.78. The molecule has 0 spiro atoms. The third-order valence-electron chi connectivity index (χ3n) is 2.69. The Labute approximate surface area is 97.7 Å². The lowest BCUT2D eigenvalue weighted by Crippen LogP contribution is -1.86. The number of phenolic OH excluding ortho intramolecular Hbond substituents is 1. The van der Waals surface area contributed by atoms with Crippen LogP contribution in [-0.2, 0) is 0 Å². The Morgan fingerprint density at radius 3 is 2.71 bits per heavy atom. The summed E-state index contributed by atoms with van der Waals surface area (Å²) < 4.78 is 0. The van der Waals surface area contributed by atoms with Gasteiger partial charge in [0.1, 0.15) is 11.6 Å². The predicted octanol–water partition coefficient (Wildman–Crippen LogP) is 2.52. The minimum absolute atomic E-state index is 0.0722. The minimum atomic E-state index is 0.0722. The Balaban J connectivity index is 2.17. The van der Waals surface area contributed by atoms with Crippen LogP contribution in [0.15, 0.2) is 42.5 Å². The molecule has 3 aromatic rings. The summed E-state index contributed by atoms with van der Waals surface area (Å²) in [7, 11) is 0. The lowest BCUT2D eigenvalue weighted by molar-refractivity contribution is 0.478. The highest BCUT2D eigenvalue weighted by Gasteiger charge is 2.06. The second-order valence-electron chi connectivity index (χ2n) is 3.88. The zero-order valence-corrected chi connectivity index (χ0v) is 9.01. The van der Waals surface area contributed by atoms with E-state index in [1.807, 2.05) is 30.3 Å². The van der Waals surface area contributed by atoms with E-state index in [1.165, 1.54) is 0 Å². The molecule has 0 bridgehead atoms. The molecule has 0 aliphatic heterocycles. The summed E-state index contributed by atoms with van der Waals surface area (Å²) in [6.45, 7) is 0. The fraction of sp³-hybridized carbons (Fsp3) is 0. The van der Waals surface area contributed by atoms with Gasteiger partial charge in [0.25, 0.3) is 0 Å². The van der Waals surface area contributed by atoms with Crippen LogP contribution in [0.3, 0.4) is 0 Å². The number of nitrogens with two attached hydrogens (primary N) is 1. The van der Waals surface area contributed by atoms with E-state index >= 15 is 0 Å². The van der Waals surface area contributed by atoms with E-state index in [0.29, 0.717) is 5.69 Å². The number of fused-ring (bicyclic) bond motifs is 1. The number of nitrogen functional groups attached to an aromatic ring is 1. The van der Waals surface area contributed by atoms with Crippen molar-refractivity contribution in [2.45, 2.75) is 0 Å². The molecule has 4 N–H and O–H groups in total. The molecule has 84 valence electrons. The van der Waals surface area contributed by atoms with Crippen molar-refractivity contribution in [2.24, 2.45) is 0 Å². The van der Waals surface area contributed by atoms with Gasteiger partial charge in [0.15, 0.2) is 0 Å². The van der Waals surface area contributed by atoms with Crippen LogP contribution in [0.25, 0.3) is 22.4 Å². The quantitative estimate of drug-likeness (QED) is 0.440. The number of phenols is 1. The molecule has 0 fully saturated rings. The van der Waals surface area contributed by atoms with E-state index in [0.717, 1.165) is 22.4 Å². The Bertz CT molecular complexity index is 655. The summed E-state index contributed by atoms with van der Waals surface area (Å²) in [5, 5.41) is 9.57. The smallest absolute Gasteiger partial charge is 0.139 e. The van der Waals surface area contributed by atoms with Crippen LogP contribution < -0.4 is 5.73 Å². The number of para-hydroxylation sites is 2. The van der Waals surface area contributed by atoms with Gasteiger partial charge in [-0.2, -0.15) is 0 Å². The van der Waals surface area contributed by atoms with E-state index in [1.54, 1.807) is 12.1 Å². The summed E-state index contributed by atoms with van der Waals surface area (Å²) in [6, 6.07) is 12.9. The van der Waals surface area contributed by atoms with Gasteiger partial charge in [0.2, 0.25) is 0 Å². The molecule has 1 aromatic heterocycles. The monoisotopic (exact) mass is 225 g/mol. The van der Waals surface area contributed by atoms with Gasteiger partial charge < -0.3 is 15.8 Å². The molecule has 2 aromatic carbocycles. The summed E-state index contributed by atoms with van der Waals surface area (Å²) in [6.07, 6.45) is 0. The van der Waals surface area contributed by atoms with Gasteiger partial charge >= 0.3 is 0 Å². The molecule has 0 aliphatic rings. The first-order chi connectivity index (χ1) is 8.24. The SMILES string of the molecule is Nc1ccc(-c2nc3ccccc3[nH]2)cc1O. The number of hydrogen-bond donors (Lipinski definition) is 3. The molecule has 4 heteroatoms. The molecule has 17 heavy (non-hydrogen) atoms. The number of benzene rings is 2. The maximum absolute atomic E-state index is 9.57. The number of imidazole rings is 1. The molecular weight excluding hydrogens is 214 g/mol. The topological polar surface area (TPSA) is 74.9 Å². The molecule has 1 heterocycles. The third kappa shape index (κ3) is 1.59. The molecule has 0 radical (unpaired) electrons.